The predicted octanol–water partition coefficient (Wildman–Crippen LogP) is 3.92. The number of carbonyl (C=O) groups is 1. The Morgan fingerprint density at radius 1 is 0.800 bits per heavy atom. The first-order valence-corrected chi connectivity index (χ1v) is 5.73. The van der Waals surface area contributed by atoms with Gasteiger partial charge in [-0.1, -0.05) is 42.5 Å². The van der Waals surface area contributed by atoms with E-state index >= 15 is 0 Å². The summed E-state index contributed by atoms with van der Waals surface area (Å²) in [7, 11) is 0. The monoisotopic (exact) mass is 279 g/mol. The van der Waals surface area contributed by atoms with E-state index < -0.39 is 18.1 Å². The molecule has 0 atom stereocenters. The van der Waals surface area contributed by atoms with Gasteiger partial charge < -0.3 is 5.11 Å². The first-order chi connectivity index (χ1) is 9.39. The van der Waals surface area contributed by atoms with E-state index in [0.29, 0.717) is 0 Å². The third-order valence-corrected chi connectivity index (χ3v) is 2.77. The summed E-state index contributed by atoms with van der Waals surface area (Å²) >= 11 is 0. The molecule has 0 fully saturated rings. The van der Waals surface area contributed by atoms with E-state index in [1.807, 2.05) is 0 Å². The molecule has 0 aliphatic carbocycles. The lowest BCUT2D eigenvalue weighted by Gasteiger charge is -2.20. The molecule has 2 aromatic rings. The SMILES string of the molecule is O=C(O)c1ccc([C](c2ccccc2)C(F)(F)F)cc1. The Morgan fingerprint density at radius 2 is 1.25 bits per heavy atom. The van der Waals surface area contributed by atoms with Crippen molar-refractivity contribution in [2.45, 2.75) is 6.18 Å². The number of hydrogen-bond acceptors (Lipinski definition) is 1. The molecule has 0 unspecified atom stereocenters. The summed E-state index contributed by atoms with van der Waals surface area (Å²) in [5, 5.41) is 8.76. The third-order valence-electron chi connectivity index (χ3n) is 2.77. The summed E-state index contributed by atoms with van der Waals surface area (Å²) < 4.78 is 39.6. The largest absolute Gasteiger partial charge is 0.478 e. The number of aromatic carboxylic acids is 1. The highest BCUT2D eigenvalue weighted by atomic mass is 19.4. The Labute approximate surface area is 113 Å². The fraction of sp³-hybridized carbons (Fsp3) is 0.0667. The number of halogens is 3. The van der Waals surface area contributed by atoms with Gasteiger partial charge in [0.15, 0.2) is 0 Å². The minimum atomic E-state index is -4.52. The Kier molecular flexibility index (Phi) is 3.79. The highest BCUT2D eigenvalue weighted by Crippen LogP contribution is 2.39. The molecule has 2 nitrogen and oxygen atoms in total. The van der Waals surface area contributed by atoms with Gasteiger partial charge in [0.05, 0.1) is 5.56 Å². The number of hydrogen-bond donors (Lipinski definition) is 1. The summed E-state index contributed by atoms with van der Waals surface area (Å²) in [5.74, 6) is -1.96. The van der Waals surface area contributed by atoms with Crippen molar-refractivity contribution in [2.75, 3.05) is 0 Å². The van der Waals surface area contributed by atoms with Crippen molar-refractivity contribution in [3.8, 4) is 0 Å². The molecule has 0 spiro atoms. The van der Waals surface area contributed by atoms with E-state index in [4.69, 9.17) is 5.11 Å². The van der Waals surface area contributed by atoms with Crippen molar-refractivity contribution in [1.29, 1.82) is 0 Å². The van der Waals surface area contributed by atoms with E-state index in [-0.39, 0.29) is 16.7 Å². The maximum absolute atomic E-state index is 13.2. The number of carboxylic acid groups (broad SMARTS) is 1. The molecule has 1 N–H and O–H groups in total. The average molecular weight is 279 g/mol. The molecule has 2 aromatic carbocycles. The van der Waals surface area contributed by atoms with Gasteiger partial charge >= 0.3 is 12.1 Å². The van der Waals surface area contributed by atoms with E-state index in [1.54, 1.807) is 6.07 Å². The number of benzene rings is 2. The van der Waals surface area contributed by atoms with Crippen LogP contribution in [0.15, 0.2) is 54.6 Å². The normalized spacial score (nSPS) is 11.6. The van der Waals surface area contributed by atoms with E-state index in [2.05, 4.69) is 0 Å². The minimum absolute atomic E-state index is 0.0445. The fourth-order valence-electron chi connectivity index (χ4n) is 1.88. The van der Waals surface area contributed by atoms with Crippen LogP contribution in [0.25, 0.3) is 0 Å². The lowest BCUT2D eigenvalue weighted by molar-refractivity contribution is -0.105. The van der Waals surface area contributed by atoms with Gasteiger partial charge in [-0.3, -0.25) is 0 Å². The van der Waals surface area contributed by atoms with Crippen LogP contribution >= 0.6 is 0 Å². The maximum Gasteiger partial charge on any atom is 0.403 e. The van der Waals surface area contributed by atoms with Gasteiger partial charge in [-0.15, -0.1) is 0 Å². The van der Waals surface area contributed by atoms with Crippen molar-refractivity contribution in [3.05, 3.63) is 77.2 Å². The molecule has 0 saturated heterocycles. The van der Waals surface area contributed by atoms with Crippen LogP contribution < -0.4 is 0 Å². The molecule has 0 aliphatic rings. The average Bonchev–Trinajstić information content (AvgIpc) is 2.39. The third kappa shape index (κ3) is 2.99. The molecule has 0 aliphatic heterocycles. The van der Waals surface area contributed by atoms with Crippen molar-refractivity contribution >= 4 is 5.97 Å². The second-order valence-corrected chi connectivity index (χ2v) is 4.12. The van der Waals surface area contributed by atoms with Crippen LogP contribution in [0, 0.1) is 5.92 Å². The molecule has 1 radical (unpaired) electrons. The van der Waals surface area contributed by atoms with Gasteiger partial charge in [-0.05, 0) is 23.3 Å². The van der Waals surface area contributed by atoms with Gasteiger partial charge in [-0.25, -0.2) is 4.79 Å². The standard InChI is InChI=1S/C15H10F3O2/c16-15(17,18)13(10-4-2-1-3-5-10)11-6-8-12(9-7-11)14(19)20/h1-9H,(H,19,20). The molecule has 5 heteroatoms. The Bertz CT molecular complexity index is 589. The summed E-state index contributed by atoms with van der Waals surface area (Å²) in [5.41, 5.74) is -0.0693. The van der Waals surface area contributed by atoms with Crippen LogP contribution in [-0.2, 0) is 0 Å². The smallest absolute Gasteiger partial charge is 0.403 e. The van der Waals surface area contributed by atoms with Crippen molar-refractivity contribution in [1.82, 2.24) is 0 Å². The molecular formula is C15H10F3O2. The second kappa shape index (κ2) is 5.36. The summed E-state index contributed by atoms with van der Waals surface area (Å²) in [6.45, 7) is 0. The maximum atomic E-state index is 13.2. The summed E-state index contributed by atoms with van der Waals surface area (Å²) in [6, 6.07) is 12.1. The van der Waals surface area contributed by atoms with E-state index in [9.17, 15) is 18.0 Å². The van der Waals surface area contributed by atoms with Gasteiger partial charge in [0.1, 0.15) is 5.92 Å². The minimum Gasteiger partial charge on any atom is -0.478 e. The predicted molar refractivity (Wildman–Crippen MR) is 67.3 cm³/mol. The number of alkyl halides is 3. The van der Waals surface area contributed by atoms with Crippen molar-refractivity contribution < 1.29 is 23.1 Å². The van der Waals surface area contributed by atoms with Gasteiger partial charge in [0.25, 0.3) is 0 Å². The van der Waals surface area contributed by atoms with E-state index in [0.717, 1.165) is 12.1 Å². The lowest BCUT2D eigenvalue weighted by Crippen LogP contribution is -2.23. The molecular weight excluding hydrogens is 269 g/mol. The van der Waals surface area contributed by atoms with Gasteiger partial charge in [0.2, 0.25) is 0 Å². The highest BCUT2D eigenvalue weighted by Gasteiger charge is 2.42. The van der Waals surface area contributed by atoms with Crippen LogP contribution in [0.2, 0.25) is 0 Å². The molecule has 0 bridgehead atoms. The van der Waals surface area contributed by atoms with Crippen molar-refractivity contribution in [3.63, 3.8) is 0 Å². The van der Waals surface area contributed by atoms with Crippen LogP contribution in [-0.4, -0.2) is 17.3 Å². The van der Waals surface area contributed by atoms with Gasteiger partial charge in [0, 0.05) is 0 Å². The Balaban J connectivity index is 2.45. The molecule has 20 heavy (non-hydrogen) atoms. The van der Waals surface area contributed by atoms with Crippen LogP contribution in [0.4, 0.5) is 13.2 Å². The summed E-state index contributed by atoms with van der Waals surface area (Å²) in [4.78, 5) is 10.7. The topological polar surface area (TPSA) is 37.3 Å². The van der Waals surface area contributed by atoms with Crippen LogP contribution in [0.1, 0.15) is 21.5 Å². The first kappa shape index (κ1) is 14.1. The summed E-state index contributed by atoms with van der Waals surface area (Å²) in [6.07, 6.45) is -4.52. The zero-order valence-corrected chi connectivity index (χ0v) is 10.2. The zero-order valence-electron chi connectivity index (χ0n) is 10.2. The van der Waals surface area contributed by atoms with Crippen LogP contribution in [0.5, 0.6) is 0 Å². The fourth-order valence-corrected chi connectivity index (χ4v) is 1.88. The first-order valence-electron chi connectivity index (χ1n) is 5.73. The lowest BCUT2D eigenvalue weighted by atomic mass is 9.90. The van der Waals surface area contributed by atoms with Gasteiger partial charge in [-0.2, -0.15) is 13.2 Å². The molecule has 0 aromatic heterocycles. The van der Waals surface area contributed by atoms with Crippen LogP contribution in [0.3, 0.4) is 0 Å². The Morgan fingerprint density at radius 3 is 1.70 bits per heavy atom. The molecule has 2 rings (SSSR count). The number of carboxylic acids is 1. The Hall–Kier alpha value is -2.30. The highest BCUT2D eigenvalue weighted by molar-refractivity contribution is 5.87. The van der Waals surface area contributed by atoms with Crippen molar-refractivity contribution in [2.24, 2.45) is 0 Å². The zero-order chi connectivity index (χ0) is 14.8. The molecule has 0 saturated carbocycles. The molecule has 0 amide bonds. The quantitative estimate of drug-likeness (QED) is 0.924. The molecule has 103 valence electrons. The molecule has 0 heterocycles. The van der Waals surface area contributed by atoms with E-state index in [1.165, 1.54) is 36.4 Å². The number of rotatable bonds is 3. The second-order valence-electron chi connectivity index (χ2n) is 4.12.